The molecule has 0 aliphatic heterocycles. The topological polar surface area (TPSA) is 56.1 Å². The maximum atomic E-state index is 12.8. The zero-order valence-corrected chi connectivity index (χ0v) is 15.8. The monoisotopic (exact) mass is 365 g/mol. The summed E-state index contributed by atoms with van der Waals surface area (Å²) < 4.78 is 7.49. The molecule has 4 fully saturated rings. The van der Waals surface area contributed by atoms with E-state index in [4.69, 9.17) is 4.74 Å². The second-order valence-electron chi connectivity index (χ2n) is 8.71. The van der Waals surface area contributed by atoms with E-state index in [-0.39, 0.29) is 5.91 Å². The first-order chi connectivity index (χ1) is 13.2. The van der Waals surface area contributed by atoms with Crippen molar-refractivity contribution in [3.8, 4) is 5.75 Å². The second kappa shape index (κ2) is 6.70. The third-order valence-corrected chi connectivity index (χ3v) is 6.84. The van der Waals surface area contributed by atoms with Crippen LogP contribution in [0.1, 0.15) is 48.2 Å². The van der Waals surface area contributed by atoms with Crippen molar-refractivity contribution in [2.75, 3.05) is 0 Å². The van der Waals surface area contributed by atoms with E-state index < -0.39 is 0 Å². The van der Waals surface area contributed by atoms with E-state index >= 15 is 0 Å². The molecular weight excluding hydrogens is 338 g/mol. The van der Waals surface area contributed by atoms with Gasteiger partial charge in [0.1, 0.15) is 11.4 Å². The Bertz CT molecular complexity index is 816. The first-order valence-electron chi connectivity index (χ1n) is 10.2. The lowest BCUT2D eigenvalue weighted by atomic mass is 9.54. The number of para-hydroxylation sites is 1. The van der Waals surface area contributed by atoms with Crippen LogP contribution in [-0.2, 0) is 6.73 Å². The van der Waals surface area contributed by atoms with E-state index in [0.717, 1.165) is 23.1 Å². The highest BCUT2D eigenvalue weighted by atomic mass is 16.5. The van der Waals surface area contributed by atoms with Crippen LogP contribution in [0, 0.1) is 30.6 Å². The first-order valence-corrected chi connectivity index (χ1v) is 10.2. The number of aromatic nitrogens is 2. The summed E-state index contributed by atoms with van der Waals surface area (Å²) in [7, 11) is 0. The van der Waals surface area contributed by atoms with Crippen LogP contribution in [0.5, 0.6) is 5.75 Å². The summed E-state index contributed by atoms with van der Waals surface area (Å²) in [5, 5.41) is 7.74. The summed E-state index contributed by atoms with van der Waals surface area (Å²) in [5.74, 6) is 3.99. The first kappa shape index (κ1) is 16.8. The van der Waals surface area contributed by atoms with Crippen molar-refractivity contribution in [2.24, 2.45) is 23.7 Å². The van der Waals surface area contributed by atoms with Gasteiger partial charge in [0.05, 0.1) is 0 Å². The highest BCUT2D eigenvalue weighted by Gasteiger charge is 2.48. The van der Waals surface area contributed by atoms with Crippen LogP contribution in [0.4, 0.5) is 0 Å². The zero-order chi connectivity index (χ0) is 18.4. The summed E-state index contributed by atoms with van der Waals surface area (Å²) in [5.41, 5.74) is 1.57. The maximum absolute atomic E-state index is 12.8. The van der Waals surface area contributed by atoms with Gasteiger partial charge in [0.2, 0.25) is 0 Å². The molecule has 4 aliphatic carbocycles. The molecule has 1 aromatic heterocycles. The average molecular weight is 365 g/mol. The molecule has 1 amide bonds. The summed E-state index contributed by atoms with van der Waals surface area (Å²) >= 11 is 0. The zero-order valence-electron chi connectivity index (χ0n) is 15.8. The number of rotatable bonds is 5. The van der Waals surface area contributed by atoms with E-state index in [1.807, 2.05) is 37.4 Å². The summed E-state index contributed by atoms with van der Waals surface area (Å²) in [6, 6.07) is 10.0. The van der Waals surface area contributed by atoms with Crippen LogP contribution in [0.15, 0.2) is 36.5 Å². The van der Waals surface area contributed by atoms with Crippen LogP contribution in [0.25, 0.3) is 0 Å². The molecule has 0 atom stereocenters. The van der Waals surface area contributed by atoms with Gasteiger partial charge in [0.15, 0.2) is 6.73 Å². The smallest absolute Gasteiger partial charge is 0.272 e. The van der Waals surface area contributed by atoms with E-state index in [9.17, 15) is 4.79 Å². The Morgan fingerprint density at radius 2 is 1.81 bits per heavy atom. The largest absolute Gasteiger partial charge is 0.471 e. The number of aryl methyl sites for hydroxylation is 1. The minimum atomic E-state index is -0.0397. The lowest BCUT2D eigenvalue weighted by Gasteiger charge is -2.54. The highest BCUT2D eigenvalue weighted by molar-refractivity contribution is 5.92. The van der Waals surface area contributed by atoms with Gasteiger partial charge in [-0.2, -0.15) is 5.10 Å². The minimum Gasteiger partial charge on any atom is -0.471 e. The van der Waals surface area contributed by atoms with Crippen LogP contribution in [0.3, 0.4) is 0 Å². The number of hydrogen-bond donors (Lipinski definition) is 1. The molecule has 1 heterocycles. The molecule has 2 aromatic rings. The summed E-state index contributed by atoms with van der Waals surface area (Å²) in [6.45, 7) is 2.32. The molecule has 27 heavy (non-hydrogen) atoms. The normalized spacial score (nSPS) is 31.1. The van der Waals surface area contributed by atoms with Crippen LogP contribution in [-0.4, -0.2) is 21.7 Å². The van der Waals surface area contributed by atoms with E-state index in [2.05, 4.69) is 10.4 Å². The number of hydrogen-bond acceptors (Lipinski definition) is 3. The second-order valence-corrected chi connectivity index (χ2v) is 8.71. The van der Waals surface area contributed by atoms with Crippen molar-refractivity contribution in [2.45, 2.75) is 51.8 Å². The van der Waals surface area contributed by atoms with Crippen molar-refractivity contribution in [1.29, 1.82) is 0 Å². The Balaban J connectivity index is 1.21. The highest BCUT2D eigenvalue weighted by Crippen LogP contribution is 2.53. The number of amides is 1. The van der Waals surface area contributed by atoms with Gasteiger partial charge in [-0.15, -0.1) is 0 Å². The Kier molecular flexibility index (Phi) is 4.18. The number of carbonyl (C=O) groups is 1. The molecule has 5 heteroatoms. The van der Waals surface area contributed by atoms with Crippen molar-refractivity contribution in [3.05, 3.63) is 47.8 Å². The lowest BCUT2D eigenvalue weighted by molar-refractivity contribution is -0.0120. The molecule has 4 bridgehead atoms. The fraction of sp³-hybridized carbons (Fsp3) is 0.545. The van der Waals surface area contributed by atoms with Gasteiger partial charge in [-0.25, -0.2) is 4.68 Å². The average Bonchev–Trinajstić information content (AvgIpc) is 3.12. The number of nitrogens with zero attached hydrogens (tertiary/aromatic N) is 2. The van der Waals surface area contributed by atoms with Gasteiger partial charge in [0.25, 0.3) is 5.91 Å². The molecule has 6 rings (SSSR count). The molecule has 4 saturated carbocycles. The van der Waals surface area contributed by atoms with Gasteiger partial charge < -0.3 is 10.1 Å². The Morgan fingerprint density at radius 1 is 1.11 bits per heavy atom. The third-order valence-electron chi connectivity index (χ3n) is 6.84. The number of benzene rings is 1. The molecule has 0 radical (unpaired) electrons. The summed E-state index contributed by atoms with van der Waals surface area (Å²) in [6.07, 6.45) is 8.45. The Hall–Kier alpha value is -2.30. The molecular formula is C22H27N3O2. The van der Waals surface area contributed by atoms with Gasteiger partial charge in [-0.3, -0.25) is 4.79 Å². The van der Waals surface area contributed by atoms with Crippen LogP contribution < -0.4 is 10.1 Å². The lowest BCUT2D eigenvalue weighted by Crippen LogP contribution is -2.55. The molecule has 1 N–H and O–H groups in total. The number of carbonyl (C=O) groups excluding carboxylic acids is 1. The van der Waals surface area contributed by atoms with E-state index in [1.54, 1.807) is 10.7 Å². The van der Waals surface area contributed by atoms with Gasteiger partial charge in [-0.05, 0) is 80.4 Å². The predicted octanol–water partition coefficient (Wildman–Crippen LogP) is 3.78. The van der Waals surface area contributed by atoms with E-state index in [0.29, 0.717) is 30.3 Å². The Morgan fingerprint density at radius 3 is 2.52 bits per heavy atom. The van der Waals surface area contributed by atoms with Crippen molar-refractivity contribution >= 4 is 5.91 Å². The molecule has 0 unspecified atom stereocenters. The Labute approximate surface area is 160 Å². The molecule has 4 aliphatic rings. The van der Waals surface area contributed by atoms with Gasteiger partial charge >= 0.3 is 0 Å². The van der Waals surface area contributed by atoms with Crippen molar-refractivity contribution in [1.82, 2.24) is 15.1 Å². The molecule has 5 nitrogen and oxygen atoms in total. The maximum Gasteiger partial charge on any atom is 0.272 e. The van der Waals surface area contributed by atoms with Crippen LogP contribution >= 0.6 is 0 Å². The third kappa shape index (κ3) is 3.24. The molecule has 0 spiro atoms. The predicted molar refractivity (Wildman–Crippen MR) is 102 cm³/mol. The fourth-order valence-corrected chi connectivity index (χ4v) is 5.79. The quantitative estimate of drug-likeness (QED) is 0.877. The summed E-state index contributed by atoms with van der Waals surface area (Å²) in [4.78, 5) is 12.8. The SMILES string of the molecule is Cc1ccccc1OCn1ccc(C(=O)NC2C3CC4CC(C3)CC2C4)n1. The molecule has 1 aromatic carbocycles. The van der Waals surface area contributed by atoms with E-state index in [1.165, 1.54) is 32.1 Å². The van der Waals surface area contributed by atoms with Gasteiger partial charge in [0, 0.05) is 12.2 Å². The van der Waals surface area contributed by atoms with Crippen LogP contribution in [0.2, 0.25) is 0 Å². The van der Waals surface area contributed by atoms with Gasteiger partial charge in [-0.1, -0.05) is 18.2 Å². The number of ether oxygens (including phenoxy) is 1. The molecule has 142 valence electrons. The number of nitrogens with one attached hydrogen (secondary N) is 1. The minimum absolute atomic E-state index is 0.0397. The van der Waals surface area contributed by atoms with Crippen molar-refractivity contribution < 1.29 is 9.53 Å². The molecule has 0 saturated heterocycles. The fourth-order valence-electron chi connectivity index (χ4n) is 5.79. The van der Waals surface area contributed by atoms with Crippen molar-refractivity contribution in [3.63, 3.8) is 0 Å². The standard InChI is InChI=1S/C22H27N3O2/c1-14-4-2-3-5-20(14)27-13-25-7-6-19(24-25)22(26)23-21-17-9-15-8-16(11-17)12-18(21)10-15/h2-7,15-18,21H,8-13H2,1H3,(H,23,26).